The monoisotopic (exact) mass is 386 g/mol. The molecule has 1 aromatic heterocycles. The number of para-hydroxylation sites is 1. The zero-order chi connectivity index (χ0) is 19.6. The molecule has 0 radical (unpaired) electrons. The van der Waals surface area contributed by atoms with Crippen molar-refractivity contribution >= 4 is 20.9 Å². The van der Waals surface area contributed by atoms with Gasteiger partial charge in [0.2, 0.25) is 10.0 Å². The summed E-state index contributed by atoms with van der Waals surface area (Å²) >= 11 is 0. The summed E-state index contributed by atoms with van der Waals surface area (Å²) in [4.78, 5) is 15.1. The lowest BCUT2D eigenvalue weighted by Gasteiger charge is -2.13. The molecule has 3 aromatic rings. The number of fused-ring (bicyclic) bond motifs is 1. The van der Waals surface area contributed by atoms with Gasteiger partial charge in [-0.2, -0.15) is 0 Å². The molecule has 0 aliphatic heterocycles. The van der Waals surface area contributed by atoms with Crippen LogP contribution >= 0.6 is 0 Å². The predicted octanol–water partition coefficient (Wildman–Crippen LogP) is 2.67. The Kier molecular flexibility index (Phi) is 5.34. The normalized spacial score (nSPS) is 11.7. The van der Waals surface area contributed by atoms with Gasteiger partial charge in [0.05, 0.1) is 7.11 Å². The van der Waals surface area contributed by atoms with E-state index in [0.29, 0.717) is 11.3 Å². The molecule has 2 aromatic carbocycles. The smallest absolute Gasteiger partial charge is 0.251 e. The summed E-state index contributed by atoms with van der Waals surface area (Å²) in [5, 5.41) is 0.908. The van der Waals surface area contributed by atoms with Gasteiger partial charge < -0.3 is 9.72 Å². The highest BCUT2D eigenvalue weighted by molar-refractivity contribution is 7.89. The number of benzene rings is 2. The molecule has 6 nitrogen and oxygen atoms in total. The number of methoxy groups -OCH3 is 1. The number of hydrogen-bond acceptors (Lipinski definition) is 4. The standard InChI is InChI=1S/C20H22N2O4S/c1-13-10-18(26-3)19(11-14(13)2)27(24,25)21-9-8-16-12-15-6-4-5-7-17(15)22-20(16)23/h4-7,10-12,21H,8-9H2,1-3H3,(H,22,23). The second kappa shape index (κ2) is 7.54. The Morgan fingerprint density at radius 1 is 1.07 bits per heavy atom. The van der Waals surface area contributed by atoms with E-state index < -0.39 is 10.0 Å². The van der Waals surface area contributed by atoms with Gasteiger partial charge in [-0.05, 0) is 61.0 Å². The van der Waals surface area contributed by atoms with Gasteiger partial charge in [-0.3, -0.25) is 4.79 Å². The van der Waals surface area contributed by atoms with Crippen molar-refractivity contribution in [2.75, 3.05) is 13.7 Å². The van der Waals surface area contributed by atoms with Gasteiger partial charge in [-0.25, -0.2) is 13.1 Å². The van der Waals surface area contributed by atoms with Crippen molar-refractivity contribution in [1.82, 2.24) is 9.71 Å². The molecule has 0 spiro atoms. The average molecular weight is 386 g/mol. The van der Waals surface area contributed by atoms with E-state index in [1.54, 1.807) is 18.2 Å². The Balaban J connectivity index is 1.80. The van der Waals surface area contributed by atoms with Crippen LogP contribution in [0.15, 0.2) is 52.2 Å². The number of sulfonamides is 1. The van der Waals surface area contributed by atoms with Crippen LogP contribution in [0.25, 0.3) is 10.9 Å². The fraction of sp³-hybridized carbons (Fsp3) is 0.250. The van der Waals surface area contributed by atoms with Crippen molar-refractivity contribution in [3.63, 3.8) is 0 Å². The van der Waals surface area contributed by atoms with Crippen LogP contribution in [-0.4, -0.2) is 27.1 Å². The van der Waals surface area contributed by atoms with Crippen LogP contribution in [0.1, 0.15) is 16.7 Å². The number of hydrogen-bond donors (Lipinski definition) is 2. The summed E-state index contributed by atoms with van der Waals surface area (Å²) in [6.07, 6.45) is 0.284. The minimum absolute atomic E-state index is 0.0977. The molecule has 0 bridgehead atoms. The largest absolute Gasteiger partial charge is 0.495 e. The predicted molar refractivity (Wildman–Crippen MR) is 106 cm³/mol. The van der Waals surface area contributed by atoms with Crippen molar-refractivity contribution in [1.29, 1.82) is 0 Å². The van der Waals surface area contributed by atoms with Crippen LogP contribution in [0.3, 0.4) is 0 Å². The maximum absolute atomic E-state index is 12.7. The van der Waals surface area contributed by atoms with Crippen LogP contribution in [-0.2, 0) is 16.4 Å². The fourth-order valence-corrected chi connectivity index (χ4v) is 4.17. The van der Waals surface area contributed by atoms with Gasteiger partial charge in [-0.1, -0.05) is 18.2 Å². The Labute approximate surface area is 158 Å². The number of pyridine rings is 1. The SMILES string of the molecule is COc1cc(C)c(C)cc1S(=O)(=O)NCCc1cc2ccccc2[nH]c1=O. The van der Waals surface area contributed by atoms with Gasteiger partial charge in [-0.15, -0.1) is 0 Å². The molecule has 0 fully saturated rings. The van der Waals surface area contributed by atoms with E-state index in [9.17, 15) is 13.2 Å². The van der Waals surface area contributed by atoms with Crippen molar-refractivity contribution in [2.24, 2.45) is 0 Å². The maximum Gasteiger partial charge on any atom is 0.251 e. The summed E-state index contributed by atoms with van der Waals surface area (Å²) in [7, 11) is -2.31. The third-order valence-corrected chi connectivity index (χ3v) is 6.07. The molecule has 1 heterocycles. The van der Waals surface area contributed by atoms with Crippen LogP contribution in [0, 0.1) is 13.8 Å². The van der Waals surface area contributed by atoms with Crippen molar-refractivity contribution in [3.05, 3.63) is 69.5 Å². The topological polar surface area (TPSA) is 88.3 Å². The Morgan fingerprint density at radius 2 is 1.78 bits per heavy atom. The summed E-state index contributed by atoms with van der Waals surface area (Å²) in [6, 6.07) is 12.6. The van der Waals surface area contributed by atoms with Crippen molar-refractivity contribution < 1.29 is 13.2 Å². The first-order chi connectivity index (χ1) is 12.8. The third-order valence-electron chi connectivity index (χ3n) is 4.59. The number of ether oxygens (including phenoxy) is 1. The molecule has 0 amide bonds. The molecule has 0 saturated carbocycles. The number of rotatable bonds is 6. The lowest BCUT2D eigenvalue weighted by atomic mass is 10.1. The van der Waals surface area contributed by atoms with E-state index in [-0.39, 0.29) is 23.4 Å². The lowest BCUT2D eigenvalue weighted by molar-refractivity contribution is 0.402. The molecule has 3 rings (SSSR count). The Bertz CT molecular complexity index is 1150. The molecular weight excluding hydrogens is 364 g/mol. The van der Waals surface area contributed by atoms with E-state index in [1.807, 2.05) is 38.1 Å². The van der Waals surface area contributed by atoms with Crippen LogP contribution in [0.2, 0.25) is 0 Å². The maximum atomic E-state index is 12.7. The number of aromatic amines is 1. The summed E-state index contributed by atoms with van der Waals surface area (Å²) < 4.78 is 33.2. The van der Waals surface area contributed by atoms with Crippen LogP contribution < -0.4 is 15.0 Å². The molecule has 27 heavy (non-hydrogen) atoms. The van der Waals surface area contributed by atoms with E-state index in [2.05, 4.69) is 9.71 Å². The molecule has 2 N–H and O–H groups in total. The minimum Gasteiger partial charge on any atom is -0.495 e. The molecule has 0 atom stereocenters. The first-order valence-corrected chi connectivity index (χ1v) is 10.1. The molecule has 0 aliphatic rings. The number of nitrogens with one attached hydrogen (secondary N) is 2. The van der Waals surface area contributed by atoms with Gasteiger partial charge in [0.25, 0.3) is 5.56 Å². The highest BCUT2D eigenvalue weighted by Gasteiger charge is 2.20. The number of aryl methyl sites for hydroxylation is 2. The molecule has 0 saturated heterocycles. The lowest BCUT2D eigenvalue weighted by Crippen LogP contribution is -2.28. The second-order valence-electron chi connectivity index (χ2n) is 6.45. The van der Waals surface area contributed by atoms with Crippen LogP contribution in [0.4, 0.5) is 0 Å². The summed E-state index contributed by atoms with van der Waals surface area (Å²) in [5.41, 5.74) is 2.89. The van der Waals surface area contributed by atoms with E-state index >= 15 is 0 Å². The van der Waals surface area contributed by atoms with Gasteiger partial charge >= 0.3 is 0 Å². The first kappa shape index (κ1) is 19.1. The van der Waals surface area contributed by atoms with Gasteiger partial charge in [0.1, 0.15) is 10.6 Å². The Morgan fingerprint density at radius 3 is 2.52 bits per heavy atom. The number of H-pyrrole nitrogens is 1. The fourth-order valence-electron chi connectivity index (χ4n) is 2.91. The Hall–Kier alpha value is -2.64. The highest BCUT2D eigenvalue weighted by Crippen LogP contribution is 2.27. The summed E-state index contributed by atoms with van der Waals surface area (Å²) in [5.74, 6) is 0.300. The summed E-state index contributed by atoms with van der Waals surface area (Å²) in [6.45, 7) is 3.86. The second-order valence-corrected chi connectivity index (χ2v) is 8.18. The molecule has 142 valence electrons. The van der Waals surface area contributed by atoms with Gasteiger partial charge in [0, 0.05) is 17.6 Å². The van der Waals surface area contributed by atoms with E-state index in [4.69, 9.17) is 4.74 Å². The minimum atomic E-state index is -3.76. The van der Waals surface area contributed by atoms with Crippen LogP contribution in [0.5, 0.6) is 5.75 Å². The molecular formula is C20H22N2O4S. The number of aromatic nitrogens is 1. The molecule has 7 heteroatoms. The first-order valence-electron chi connectivity index (χ1n) is 8.57. The average Bonchev–Trinajstić information content (AvgIpc) is 2.63. The quantitative estimate of drug-likeness (QED) is 0.682. The van der Waals surface area contributed by atoms with Crippen molar-refractivity contribution in [3.8, 4) is 5.75 Å². The van der Waals surface area contributed by atoms with E-state index in [0.717, 1.165) is 22.0 Å². The third kappa shape index (κ3) is 4.04. The zero-order valence-electron chi connectivity index (χ0n) is 15.5. The molecule has 0 aliphatic carbocycles. The highest BCUT2D eigenvalue weighted by atomic mass is 32.2. The van der Waals surface area contributed by atoms with E-state index in [1.165, 1.54) is 7.11 Å². The van der Waals surface area contributed by atoms with Gasteiger partial charge in [0.15, 0.2) is 0 Å². The zero-order valence-corrected chi connectivity index (χ0v) is 16.3. The van der Waals surface area contributed by atoms with Crippen molar-refractivity contribution in [2.45, 2.75) is 25.2 Å². The molecule has 0 unspecified atom stereocenters.